The molecule has 0 spiro atoms. The number of benzene rings is 2. The first-order chi connectivity index (χ1) is 13.5. The van der Waals surface area contributed by atoms with E-state index in [4.69, 9.17) is 0 Å². The Kier molecular flexibility index (Phi) is 6.82. The second-order valence-electron chi connectivity index (χ2n) is 7.65. The van der Waals surface area contributed by atoms with E-state index >= 15 is 0 Å². The van der Waals surface area contributed by atoms with Crippen molar-refractivity contribution in [1.82, 2.24) is 10.2 Å². The fourth-order valence-electron chi connectivity index (χ4n) is 3.69. The number of anilines is 1. The van der Waals surface area contributed by atoms with Crippen LogP contribution in [-0.2, 0) is 11.3 Å². The molecule has 2 aromatic rings. The van der Waals surface area contributed by atoms with Gasteiger partial charge in [-0.05, 0) is 50.1 Å². The lowest BCUT2D eigenvalue weighted by Gasteiger charge is -2.19. The Bertz CT molecular complexity index is 828. The van der Waals surface area contributed by atoms with Crippen LogP contribution in [0.2, 0.25) is 0 Å². The van der Waals surface area contributed by atoms with Crippen molar-refractivity contribution in [2.75, 3.05) is 18.9 Å². The third-order valence-corrected chi connectivity index (χ3v) is 5.25. The van der Waals surface area contributed by atoms with Crippen molar-refractivity contribution in [3.8, 4) is 0 Å². The van der Waals surface area contributed by atoms with Crippen molar-refractivity contribution in [3.05, 3.63) is 65.2 Å². The van der Waals surface area contributed by atoms with Gasteiger partial charge in [0.2, 0.25) is 5.91 Å². The molecule has 0 saturated heterocycles. The molecular weight excluding hydrogens is 350 g/mol. The summed E-state index contributed by atoms with van der Waals surface area (Å²) in [6.45, 7) is 3.03. The largest absolute Gasteiger partial charge is 0.349 e. The number of nitrogens with one attached hydrogen (secondary N) is 2. The molecule has 148 valence electrons. The molecule has 0 radical (unpaired) electrons. The van der Waals surface area contributed by atoms with Crippen molar-refractivity contribution in [3.63, 3.8) is 0 Å². The smallest absolute Gasteiger partial charge is 0.253 e. The predicted octanol–water partition coefficient (Wildman–Crippen LogP) is 3.74. The minimum absolute atomic E-state index is 0.115. The molecule has 1 fully saturated rings. The van der Waals surface area contributed by atoms with Gasteiger partial charge in [0.05, 0.1) is 17.8 Å². The van der Waals surface area contributed by atoms with Crippen LogP contribution in [0.4, 0.5) is 5.69 Å². The summed E-state index contributed by atoms with van der Waals surface area (Å²) >= 11 is 0. The number of hydrogen-bond acceptors (Lipinski definition) is 3. The zero-order valence-electron chi connectivity index (χ0n) is 16.7. The molecule has 0 atom stereocenters. The average molecular weight is 380 g/mol. The first-order valence-electron chi connectivity index (χ1n) is 9.95. The van der Waals surface area contributed by atoms with Crippen LogP contribution in [0.1, 0.15) is 47.2 Å². The zero-order chi connectivity index (χ0) is 19.9. The quantitative estimate of drug-likeness (QED) is 0.770. The van der Waals surface area contributed by atoms with Crippen molar-refractivity contribution < 1.29 is 9.59 Å². The molecule has 0 aliphatic heterocycles. The standard InChI is InChI=1S/C23H29N3O2/c1-17-9-3-4-10-18(17)15-26(2)16-22(27)25-21-14-8-7-13-20(21)23(28)24-19-11-5-6-12-19/h3-4,7-10,13-14,19H,5-6,11-12,15-16H2,1-2H3,(H,24,28)(H,25,27). The van der Waals surface area contributed by atoms with Gasteiger partial charge in [-0.2, -0.15) is 0 Å². The molecule has 1 saturated carbocycles. The van der Waals surface area contributed by atoms with Gasteiger partial charge in [-0.3, -0.25) is 14.5 Å². The lowest BCUT2D eigenvalue weighted by atomic mass is 10.1. The van der Waals surface area contributed by atoms with Crippen LogP contribution in [-0.4, -0.2) is 36.3 Å². The topological polar surface area (TPSA) is 61.4 Å². The Balaban J connectivity index is 1.59. The van der Waals surface area contributed by atoms with Gasteiger partial charge >= 0.3 is 0 Å². The molecule has 0 aromatic heterocycles. The monoisotopic (exact) mass is 379 g/mol. The van der Waals surface area contributed by atoms with Crippen molar-refractivity contribution in [2.45, 2.75) is 45.2 Å². The second kappa shape index (κ2) is 9.51. The molecule has 2 N–H and O–H groups in total. The van der Waals surface area contributed by atoms with E-state index in [9.17, 15) is 9.59 Å². The summed E-state index contributed by atoms with van der Waals surface area (Å²) in [6.07, 6.45) is 4.39. The summed E-state index contributed by atoms with van der Waals surface area (Å²) in [5, 5.41) is 5.99. The summed E-state index contributed by atoms with van der Waals surface area (Å²) in [5.74, 6) is -0.242. The second-order valence-corrected chi connectivity index (χ2v) is 7.65. The van der Waals surface area contributed by atoms with Crippen LogP contribution in [0, 0.1) is 6.92 Å². The molecule has 2 aromatic carbocycles. The summed E-state index contributed by atoms with van der Waals surface area (Å²) < 4.78 is 0. The maximum absolute atomic E-state index is 12.6. The first-order valence-corrected chi connectivity index (χ1v) is 9.95. The van der Waals surface area contributed by atoms with Crippen LogP contribution in [0.3, 0.4) is 0 Å². The van der Waals surface area contributed by atoms with Gasteiger partial charge in [-0.15, -0.1) is 0 Å². The maximum Gasteiger partial charge on any atom is 0.253 e. The fraction of sp³-hybridized carbons (Fsp3) is 0.391. The van der Waals surface area contributed by atoms with Crippen molar-refractivity contribution >= 4 is 17.5 Å². The fourth-order valence-corrected chi connectivity index (χ4v) is 3.69. The Morgan fingerprint density at radius 3 is 2.46 bits per heavy atom. The number of amides is 2. The van der Waals surface area contributed by atoms with Gasteiger partial charge in [0.1, 0.15) is 0 Å². The molecule has 28 heavy (non-hydrogen) atoms. The highest BCUT2D eigenvalue weighted by Crippen LogP contribution is 2.20. The van der Waals surface area contributed by atoms with Crippen LogP contribution >= 0.6 is 0 Å². The van der Waals surface area contributed by atoms with Gasteiger partial charge in [-0.1, -0.05) is 49.2 Å². The number of nitrogens with zero attached hydrogens (tertiary/aromatic N) is 1. The molecule has 2 amide bonds. The summed E-state index contributed by atoms with van der Waals surface area (Å²) in [7, 11) is 1.92. The third-order valence-electron chi connectivity index (χ3n) is 5.25. The van der Waals surface area contributed by atoms with E-state index in [1.807, 2.05) is 36.2 Å². The minimum Gasteiger partial charge on any atom is -0.349 e. The Hall–Kier alpha value is -2.66. The summed E-state index contributed by atoms with van der Waals surface area (Å²) in [4.78, 5) is 27.1. The average Bonchev–Trinajstić information content (AvgIpc) is 3.17. The Morgan fingerprint density at radius 2 is 1.71 bits per heavy atom. The van der Waals surface area contributed by atoms with E-state index in [2.05, 4.69) is 29.7 Å². The number of likely N-dealkylation sites (N-methyl/N-ethyl adjacent to an activating group) is 1. The highest BCUT2D eigenvalue weighted by molar-refractivity contribution is 6.04. The Labute approximate surface area is 167 Å². The van der Waals surface area contributed by atoms with Crippen LogP contribution in [0.15, 0.2) is 48.5 Å². The van der Waals surface area contributed by atoms with Crippen molar-refractivity contribution in [2.24, 2.45) is 0 Å². The molecule has 5 nitrogen and oxygen atoms in total. The van der Waals surface area contributed by atoms with E-state index in [1.165, 1.54) is 11.1 Å². The number of rotatable bonds is 7. The van der Waals surface area contributed by atoms with E-state index in [0.717, 1.165) is 25.7 Å². The highest BCUT2D eigenvalue weighted by atomic mass is 16.2. The molecule has 1 aliphatic carbocycles. The number of aryl methyl sites for hydroxylation is 1. The SMILES string of the molecule is Cc1ccccc1CN(C)CC(=O)Nc1ccccc1C(=O)NC1CCCC1. The zero-order valence-corrected chi connectivity index (χ0v) is 16.7. The number of carbonyl (C=O) groups is 2. The molecule has 5 heteroatoms. The number of para-hydroxylation sites is 1. The molecule has 3 rings (SSSR count). The van der Waals surface area contributed by atoms with Gasteiger partial charge < -0.3 is 10.6 Å². The van der Waals surface area contributed by atoms with E-state index < -0.39 is 0 Å². The summed E-state index contributed by atoms with van der Waals surface area (Å²) in [5.41, 5.74) is 3.49. The van der Waals surface area contributed by atoms with Crippen LogP contribution in [0.5, 0.6) is 0 Å². The number of hydrogen-bond donors (Lipinski definition) is 2. The summed E-state index contributed by atoms with van der Waals surface area (Å²) in [6, 6.07) is 15.6. The Morgan fingerprint density at radius 1 is 1.04 bits per heavy atom. The van der Waals surface area contributed by atoms with E-state index in [1.54, 1.807) is 12.1 Å². The molecule has 1 aliphatic rings. The molecule has 0 heterocycles. The maximum atomic E-state index is 12.6. The molecular formula is C23H29N3O2. The molecule has 0 bridgehead atoms. The van der Waals surface area contributed by atoms with Gasteiger partial charge in [0.15, 0.2) is 0 Å². The molecule has 0 unspecified atom stereocenters. The van der Waals surface area contributed by atoms with Gasteiger partial charge in [-0.25, -0.2) is 0 Å². The highest BCUT2D eigenvalue weighted by Gasteiger charge is 2.20. The normalized spacial score (nSPS) is 14.2. The first kappa shape index (κ1) is 20.1. The van der Waals surface area contributed by atoms with Gasteiger partial charge in [0.25, 0.3) is 5.91 Å². The van der Waals surface area contributed by atoms with Crippen LogP contribution in [0.25, 0.3) is 0 Å². The van der Waals surface area contributed by atoms with Crippen molar-refractivity contribution in [1.29, 1.82) is 0 Å². The third kappa shape index (κ3) is 5.42. The number of carbonyl (C=O) groups excluding carboxylic acids is 2. The van der Waals surface area contributed by atoms with Gasteiger partial charge in [0, 0.05) is 12.6 Å². The van der Waals surface area contributed by atoms with E-state index in [0.29, 0.717) is 17.8 Å². The lowest BCUT2D eigenvalue weighted by molar-refractivity contribution is -0.117. The van der Waals surface area contributed by atoms with Crippen LogP contribution < -0.4 is 10.6 Å². The van der Waals surface area contributed by atoms with E-state index in [-0.39, 0.29) is 24.4 Å². The minimum atomic E-state index is -0.128. The predicted molar refractivity (Wildman–Crippen MR) is 112 cm³/mol. The lowest BCUT2D eigenvalue weighted by Crippen LogP contribution is -2.34.